The first kappa shape index (κ1) is 12.1. The zero-order valence-electron chi connectivity index (χ0n) is 10.4. The largest absolute Gasteiger partial charge is 0.392 e. The second-order valence-corrected chi connectivity index (χ2v) is 4.79. The van der Waals surface area contributed by atoms with E-state index in [0.717, 1.165) is 12.8 Å². The predicted octanol–water partition coefficient (Wildman–Crippen LogP) is 3.59. The van der Waals surface area contributed by atoms with Gasteiger partial charge in [-0.15, -0.1) is 0 Å². The van der Waals surface area contributed by atoms with Crippen LogP contribution in [0, 0.1) is 5.92 Å². The summed E-state index contributed by atoms with van der Waals surface area (Å²) in [7, 11) is 0. The summed E-state index contributed by atoms with van der Waals surface area (Å²) in [5.74, 6) is 0.645. The zero-order chi connectivity index (χ0) is 12.1. The van der Waals surface area contributed by atoms with E-state index in [4.69, 9.17) is 5.11 Å². The molecule has 0 amide bonds. The molecule has 0 saturated carbocycles. The highest BCUT2D eigenvalue weighted by Crippen LogP contribution is 2.26. The van der Waals surface area contributed by atoms with Crippen molar-refractivity contribution >= 4 is 6.08 Å². The van der Waals surface area contributed by atoms with Gasteiger partial charge in [-0.25, -0.2) is 0 Å². The van der Waals surface area contributed by atoms with Crippen molar-refractivity contribution in [3.63, 3.8) is 0 Å². The van der Waals surface area contributed by atoms with Crippen LogP contribution < -0.4 is 0 Å². The first-order chi connectivity index (χ1) is 8.29. The van der Waals surface area contributed by atoms with Crippen LogP contribution in [0.4, 0.5) is 0 Å². The van der Waals surface area contributed by atoms with Gasteiger partial charge in [0, 0.05) is 0 Å². The van der Waals surface area contributed by atoms with Crippen LogP contribution in [0.15, 0.2) is 42.0 Å². The lowest BCUT2D eigenvalue weighted by Gasteiger charge is -2.19. The summed E-state index contributed by atoms with van der Waals surface area (Å²) in [4.78, 5) is 0. The van der Waals surface area contributed by atoms with E-state index in [1.807, 2.05) is 6.08 Å². The van der Waals surface area contributed by atoms with Crippen LogP contribution in [-0.4, -0.2) is 11.7 Å². The summed E-state index contributed by atoms with van der Waals surface area (Å²) < 4.78 is 0. The Hall–Kier alpha value is -1.34. The Morgan fingerprint density at radius 1 is 1.41 bits per heavy atom. The molecule has 0 spiro atoms. The molecule has 0 saturated heterocycles. The van der Waals surface area contributed by atoms with Crippen molar-refractivity contribution in [2.75, 3.05) is 6.61 Å². The van der Waals surface area contributed by atoms with Crippen LogP contribution >= 0.6 is 0 Å². The second kappa shape index (κ2) is 5.83. The lowest BCUT2D eigenvalue weighted by molar-refractivity contribution is 0.341. The molecule has 0 bridgehead atoms. The number of benzene rings is 1. The van der Waals surface area contributed by atoms with E-state index in [1.54, 1.807) is 0 Å². The lowest BCUT2D eigenvalue weighted by atomic mass is 9.86. The fourth-order valence-corrected chi connectivity index (χ4v) is 2.34. The summed E-state index contributed by atoms with van der Waals surface area (Å²) >= 11 is 0. The maximum absolute atomic E-state index is 8.81. The molecule has 1 unspecified atom stereocenters. The Kier molecular flexibility index (Phi) is 4.16. The van der Waals surface area contributed by atoms with Gasteiger partial charge in [0.1, 0.15) is 0 Å². The molecule has 1 aromatic rings. The van der Waals surface area contributed by atoms with Gasteiger partial charge in [0.2, 0.25) is 0 Å². The topological polar surface area (TPSA) is 20.2 Å². The summed E-state index contributed by atoms with van der Waals surface area (Å²) in [6.45, 7) is 2.26. The fourth-order valence-electron chi connectivity index (χ4n) is 2.34. The van der Waals surface area contributed by atoms with Gasteiger partial charge in [0.05, 0.1) is 6.61 Å². The Bertz CT molecular complexity index is 429. The quantitative estimate of drug-likeness (QED) is 0.781. The van der Waals surface area contributed by atoms with Crippen molar-refractivity contribution in [1.29, 1.82) is 0 Å². The van der Waals surface area contributed by atoms with Crippen molar-refractivity contribution in [3.05, 3.63) is 53.1 Å². The molecule has 1 aromatic carbocycles. The number of allylic oxidation sites excluding steroid dienone is 2. The van der Waals surface area contributed by atoms with E-state index in [9.17, 15) is 0 Å². The van der Waals surface area contributed by atoms with E-state index >= 15 is 0 Å². The molecule has 0 aliphatic heterocycles. The minimum Gasteiger partial charge on any atom is -0.392 e. The Labute approximate surface area is 103 Å². The molecule has 1 aliphatic rings. The molecule has 0 radical (unpaired) electrons. The highest BCUT2D eigenvalue weighted by molar-refractivity contribution is 5.56. The predicted molar refractivity (Wildman–Crippen MR) is 72.7 cm³/mol. The molecular formula is C16H20O. The van der Waals surface area contributed by atoms with Crippen molar-refractivity contribution in [1.82, 2.24) is 0 Å². The molecule has 1 nitrogen and oxygen atoms in total. The highest BCUT2D eigenvalue weighted by Gasteiger charge is 2.12. The molecule has 1 atom stereocenters. The van der Waals surface area contributed by atoms with Gasteiger partial charge in [-0.05, 0) is 43.2 Å². The molecule has 2 rings (SSSR count). The van der Waals surface area contributed by atoms with Crippen LogP contribution in [-0.2, 0) is 6.42 Å². The van der Waals surface area contributed by atoms with E-state index in [1.165, 1.54) is 23.1 Å². The monoisotopic (exact) mass is 228 g/mol. The Balaban J connectivity index is 1.93. The number of hydrogen-bond donors (Lipinski definition) is 1. The maximum Gasteiger partial charge on any atom is 0.0614 e. The Morgan fingerprint density at radius 2 is 2.24 bits per heavy atom. The molecule has 0 aromatic heterocycles. The van der Waals surface area contributed by atoms with E-state index in [2.05, 4.69) is 43.3 Å². The molecule has 1 N–H and O–H groups in total. The second-order valence-electron chi connectivity index (χ2n) is 4.79. The van der Waals surface area contributed by atoms with Crippen molar-refractivity contribution in [3.8, 4) is 0 Å². The van der Waals surface area contributed by atoms with E-state index < -0.39 is 0 Å². The number of fused-ring (bicyclic) bond motifs is 1. The molecule has 0 fully saturated rings. The molecule has 1 aliphatic carbocycles. The first-order valence-corrected chi connectivity index (χ1v) is 6.32. The molecular weight excluding hydrogens is 208 g/mol. The molecule has 17 heavy (non-hydrogen) atoms. The van der Waals surface area contributed by atoms with Gasteiger partial charge >= 0.3 is 0 Å². The average molecular weight is 228 g/mol. The van der Waals surface area contributed by atoms with Crippen molar-refractivity contribution < 1.29 is 5.11 Å². The third-order valence-electron chi connectivity index (χ3n) is 3.43. The molecule has 0 heterocycles. The molecule has 90 valence electrons. The summed E-state index contributed by atoms with van der Waals surface area (Å²) in [5, 5.41) is 8.81. The average Bonchev–Trinajstić information content (AvgIpc) is 2.36. The number of rotatable bonds is 4. The van der Waals surface area contributed by atoms with Crippen LogP contribution in [0.2, 0.25) is 0 Å². The van der Waals surface area contributed by atoms with Gasteiger partial charge in [-0.3, -0.25) is 0 Å². The van der Waals surface area contributed by atoms with Crippen molar-refractivity contribution in [2.24, 2.45) is 5.92 Å². The van der Waals surface area contributed by atoms with Gasteiger partial charge < -0.3 is 5.11 Å². The number of hydrogen-bond acceptors (Lipinski definition) is 1. The van der Waals surface area contributed by atoms with Crippen LogP contribution in [0.1, 0.15) is 30.9 Å². The minimum atomic E-state index is 0.162. The summed E-state index contributed by atoms with van der Waals surface area (Å²) in [5.41, 5.74) is 4.12. The van der Waals surface area contributed by atoms with Gasteiger partial charge in [-0.1, -0.05) is 48.1 Å². The van der Waals surface area contributed by atoms with E-state index in [0.29, 0.717) is 5.92 Å². The van der Waals surface area contributed by atoms with Crippen molar-refractivity contribution in [2.45, 2.75) is 26.2 Å². The lowest BCUT2D eigenvalue weighted by Crippen LogP contribution is -2.07. The SMILES string of the molecule is C/C(=C\CO)CCC1C=Cc2ccccc2C1. The maximum atomic E-state index is 8.81. The minimum absolute atomic E-state index is 0.162. The van der Waals surface area contributed by atoms with Crippen LogP contribution in [0.25, 0.3) is 6.08 Å². The van der Waals surface area contributed by atoms with Gasteiger partial charge in [-0.2, -0.15) is 0 Å². The van der Waals surface area contributed by atoms with Crippen LogP contribution in [0.5, 0.6) is 0 Å². The summed E-state index contributed by atoms with van der Waals surface area (Å²) in [6.07, 6.45) is 9.88. The third kappa shape index (κ3) is 3.31. The highest BCUT2D eigenvalue weighted by atomic mass is 16.2. The number of aliphatic hydroxyl groups excluding tert-OH is 1. The summed E-state index contributed by atoms with van der Waals surface area (Å²) in [6, 6.07) is 8.62. The third-order valence-corrected chi connectivity index (χ3v) is 3.43. The Morgan fingerprint density at radius 3 is 3.06 bits per heavy atom. The normalized spacial score (nSPS) is 19.2. The molecule has 1 heteroatoms. The first-order valence-electron chi connectivity index (χ1n) is 6.32. The van der Waals surface area contributed by atoms with E-state index in [-0.39, 0.29) is 6.61 Å². The zero-order valence-corrected chi connectivity index (χ0v) is 10.4. The van der Waals surface area contributed by atoms with Gasteiger partial charge in [0.25, 0.3) is 0 Å². The fraction of sp³-hybridized carbons (Fsp3) is 0.375. The number of aliphatic hydroxyl groups is 1. The smallest absolute Gasteiger partial charge is 0.0614 e. The van der Waals surface area contributed by atoms with Gasteiger partial charge in [0.15, 0.2) is 0 Å². The standard InChI is InChI=1S/C16H20O/c1-13(10-11-17)6-7-14-8-9-15-4-2-3-5-16(15)12-14/h2-5,8-10,14,17H,6-7,11-12H2,1H3/b13-10+. The van der Waals surface area contributed by atoms with Crippen LogP contribution in [0.3, 0.4) is 0 Å².